The van der Waals surface area contributed by atoms with Crippen molar-refractivity contribution in [1.29, 1.82) is 0 Å². The standard InChI is InChI=1S/C18H24N4O4S/c1-3-26-16-7-6-15(20-18(23)14(2)21-11-8-19-13-21)12-17(16)27(24,25)22-9-4-5-10-22/h6-8,11-14H,3-5,9-10H2,1-2H3,(H,20,23). The second kappa shape index (κ2) is 8.10. The first-order valence-electron chi connectivity index (χ1n) is 8.98. The molecular weight excluding hydrogens is 368 g/mol. The van der Waals surface area contributed by atoms with Crippen LogP contribution in [0.2, 0.25) is 0 Å². The minimum absolute atomic E-state index is 0.0827. The number of carbonyl (C=O) groups is 1. The van der Waals surface area contributed by atoms with Gasteiger partial charge < -0.3 is 14.6 Å². The summed E-state index contributed by atoms with van der Waals surface area (Å²) in [5.41, 5.74) is 0.410. The summed E-state index contributed by atoms with van der Waals surface area (Å²) in [6, 6.07) is 4.23. The molecule has 0 spiro atoms. The third kappa shape index (κ3) is 4.14. The minimum Gasteiger partial charge on any atom is -0.492 e. The topological polar surface area (TPSA) is 93.5 Å². The molecule has 1 N–H and O–H groups in total. The molecule has 9 heteroatoms. The molecule has 1 aromatic heterocycles. The second-order valence-electron chi connectivity index (χ2n) is 6.38. The molecule has 1 unspecified atom stereocenters. The van der Waals surface area contributed by atoms with E-state index in [-0.39, 0.29) is 10.8 Å². The summed E-state index contributed by atoms with van der Waals surface area (Å²) in [7, 11) is -3.67. The number of anilines is 1. The van der Waals surface area contributed by atoms with Crippen molar-refractivity contribution in [3.8, 4) is 5.75 Å². The third-order valence-corrected chi connectivity index (χ3v) is 6.47. The van der Waals surface area contributed by atoms with E-state index in [1.54, 1.807) is 49.3 Å². The van der Waals surface area contributed by atoms with E-state index in [0.717, 1.165) is 12.8 Å². The maximum atomic E-state index is 13.0. The maximum Gasteiger partial charge on any atom is 0.247 e. The molecule has 3 rings (SSSR count). The molecule has 1 aliphatic heterocycles. The molecule has 0 bridgehead atoms. The molecule has 1 atom stereocenters. The van der Waals surface area contributed by atoms with Gasteiger partial charge in [-0.15, -0.1) is 0 Å². The van der Waals surface area contributed by atoms with Crippen molar-refractivity contribution in [1.82, 2.24) is 13.9 Å². The summed E-state index contributed by atoms with van der Waals surface area (Å²) in [6.07, 6.45) is 6.56. The quantitative estimate of drug-likeness (QED) is 0.780. The first kappa shape index (κ1) is 19.4. The van der Waals surface area contributed by atoms with Gasteiger partial charge in [0.2, 0.25) is 15.9 Å². The number of hydrogen-bond donors (Lipinski definition) is 1. The number of benzene rings is 1. The van der Waals surface area contributed by atoms with Crippen LogP contribution in [0.1, 0.15) is 32.7 Å². The Morgan fingerprint density at radius 2 is 2.07 bits per heavy atom. The van der Waals surface area contributed by atoms with Crippen LogP contribution in [0.4, 0.5) is 5.69 Å². The van der Waals surface area contributed by atoms with E-state index in [4.69, 9.17) is 4.74 Å². The van der Waals surface area contributed by atoms with Crippen molar-refractivity contribution in [3.05, 3.63) is 36.9 Å². The van der Waals surface area contributed by atoms with Crippen LogP contribution in [-0.4, -0.2) is 47.9 Å². The maximum absolute atomic E-state index is 13.0. The largest absolute Gasteiger partial charge is 0.492 e. The van der Waals surface area contributed by atoms with Crippen LogP contribution in [0.3, 0.4) is 0 Å². The molecule has 1 aromatic carbocycles. The Kier molecular flexibility index (Phi) is 5.81. The number of carbonyl (C=O) groups excluding carboxylic acids is 1. The summed E-state index contributed by atoms with van der Waals surface area (Å²) in [5, 5.41) is 2.78. The molecule has 1 amide bonds. The smallest absolute Gasteiger partial charge is 0.247 e. The highest BCUT2D eigenvalue weighted by Crippen LogP contribution is 2.31. The highest BCUT2D eigenvalue weighted by atomic mass is 32.2. The zero-order chi connectivity index (χ0) is 19.4. The number of ether oxygens (including phenoxy) is 1. The van der Waals surface area contributed by atoms with Crippen molar-refractivity contribution < 1.29 is 17.9 Å². The van der Waals surface area contributed by atoms with E-state index in [0.29, 0.717) is 31.1 Å². The monoisotopic (exact) mass is 392 g/mol. The average Bonchev–Trinajstić information content (AvgIpc) is 3.36. The van der Waals surface area contributed by atoms with E-state index < -0.39 is 16.1 Å². The predicted octanol–water partition coefficient (Wildman–Crippen LogP) is 2.27. The van der Waals surface area contributed by atoms with E-state index in [1.165, 1.54) is 10.4 Å². The molecule has 146 valence electrons. The van der Waals surface area contributed by atoms with Gasteiger partial charge in [0.1, 0.15) is 16.7 Å². The number of amides is 1. The molecule has 8 nitrogen and oxygen atoms in total. The van der Waals surface area contributed by atoms with Gasteiger partial charge in [-0.25, -0.2) is 13.4 Å². The Bertz CT molecular complexity index is 890. The molecule has 0 saturated carbocycles. The Morgan fingerprint density at radius 3 is 2.70 bits per heavy atom. The van der Waals surface area contributed by atoms with Crippen molar-refractivity contribution in [3.63, 3.8) is 0 Å². The molecule has 1 aliphatic rings. The zero-order valence-electron chi connectivity index (χ0n) is 15.5. The van der Waals surface area contributed by atoms with Gasteiger partial charge in [0.25, 0.3) is 0 Å². The molecule has 2 aromatic rings. The molecule has 1 fully saturated rings. The zero-order valence-corrected chi connectivity index (χ0v) is 16.3. The van der Waals surface area contributed by atoms with Crippen molar-refractivity contribution in [2.75, 3.05) is 25.0 Å². The number of nitrogens with one attached hydrogen (secondary N) is 1. The van der Waals surface area contributed by atoms with Crippen molar-refractivity contribution in [2.45, 2.75) is 37.6 Å². The molecule has 1 saturated heterocycles. The number of nitrogens with zero attached hydrogens (tertiary/aromatic N) is 3. The number of imidazole rings is 1. The first-order valence-corrected chi connectivity index (χ1v) is 10.4. The van der Waals surface area contributed by atoms with Crippen LogP contribution in [0, 0.1) is 0 Å². The lowest BCUT2D eigenvalue weighted by Crippen LogP contribution is -2.28. The van der Waals surface area contributed by atoms with Crippen LogP contribution < -0.4 is 10.1 Å². The van der Waals surface area contributed by atoms with Gasteiger partial charge in [0.05, 0.1) is 12.9 Å². The summed E-state index contributed by atoms with van der Waals surface area (Å²) >= 11 is 0. The number of hydrogen-bond acceptors (Lipinski definition) is 5. The van der Waals surface area contributed by atoms with Crippen molar-refractivity contribution in [2.24, 2.45) is 0 Å². The van der Waals surface area contributed by atoms with Crippen LogP contribution in [0.15, 0.2) is 41.8 Å². The van der Waals surface area contributed by atoms with Gasteiger partial charge in [-0.1, -0.05) is 0 Å². The van der Waals surface area contributed by atoms with E-state index in [9.17, 15) is 13.2 Å². The number of sulfonamides is 1. The first-order chi connectivity index (χ1) is 12.9. The highest BCUT2D eigenvalue weighted by Gasteiger charge is 2.30. The average molecular weight is 392 g/mol. The van der Waals surface area contributed by atoms with E-state index in [2.05, 4.69) is 10.3 Å². The Hall–Kier alpha value is -2.39. The highest BCUT2D eigenvalue weighted by molar-refractivity contribution is 7.89. The van der Waals surface area contributed by atoms with E-state index >= 15 is 0 Å². The molecule has 0 aliphatic carbocycles. The predicted molar refractivity (Wildman–Crippen MR) is 101 cm³/mol. The normalized spacial score (nSPS) is 16.2. The fourth-order valence-electron chi connectivity index (χ4n) is 3.01. The van der Waals surface area contributed by atoms with Gasteiger partial charge in [0.15, 0.2) is 0 Å². The SMILES string of the molecule is CCOc1ccc(NC(=O)C(C)n2ccnc2)cc1S(=O)(=O)N1CCCC1. The third-order valence-electron chi connectivity index (χ3n) is 4.55. The summed E-state index contributed by atoms with van der Waals surface area (Å²) in [4.78, 5) is 16.5. The minimum atomic E-state index is -3.67. The summed E-state index contributed by atoms with van der Waals surface area (Å²) < 4.78 is 34.7. The van der Waals surface area contributed by atoms with Gasteiger partial charge in [0, 0.05) is 31.2 Å². The number of aromatic nitrogens is 2. The second-order valence-corrected chi connectivity index (χ2v) is 8.29. The van der Waals surface area contributed by atoms with Gasteiger partial charge >= 0.3 is 0 Å². The van der Waals surface area contributed by atoms with Crippen LogP contribution in [0.5, 0.6) is 5.75 Å². The number of rotatable bonds is 7. The Labute approximate surface area is 159 Å². The van der Waals surface area contributed by atoms with Crippen LogP contribution in [-0.2, 0) is 14.8 Å². The fourth-order valence-corrected chi connectivity index (χ4v) is 4.68. The lowest BCUT2D eigenvalue weighted by Gasteiger charge is -2.19. The Balaban J connectivity index is 1.88. The van der Waals surface area contributed by atoms with Gasteiger partial charge in [-0.05, 0) is 44.9 Å². The van der Waals surface area contributed by atoms with Gasteiger partial charge in [-0.2, -0.15) is 4.31 Å². The van der Waals surface area contributed by atoms with Crippen LogP contribution >= 0.6 is 0 Å². The van der Waals surface area contributed by atoms with Gasteiger partial charge in [-0.3, -0.25) is 4.79 Å². The van der Waals surface area contributed by atoms with Crippen molar-refractivity contribution >= 4 is 21.6 Å². The molecular formula is C18H24N4O4S. The molecule has 2 heterocycles. The summed E-state index contributed by atoms with van der Waals surface area (Å²) in [5.74, 6) is 0.0340. The molecule has 27 heavy (non-hydrogen) atoms. The Morgan fingerprint density at radius 1 is 1.33 bits per heavy atom. The van der Waals surface area contributed by atoms with E-state index in [1.807, 2.05) is 0 Å². The summed E-state index contributed by atoms with van der Waals surface area (Å²) in [6.45, 7) is 4.90. The fraction of sp³-hybridized carbons (Fsp3) is 0.444. The lowest BCUT2D eigenvalue weighted by molar-refractivity contribution is -0.118. The molecule has 0 radical (unpaired) electrons. The van der Waals surface area contributed by atoms with Crippen LogP contribution in [0.25, 0.3) is 0 Å². The lowest BCUT2D eigenvalue weighted by atomic mass is 10.2.